The normalized spacial score (nSPS) is 33.5. The van der Waals surface area contributed by atoms with Crippen molar-refractivity contribution in [2.75, 3.05) is 26.2 Å². The average molecular weight is 307 g/mol. The van der Waals surface area contributed by atoms with Gasteiger partial charge in [-0.2, -0.15) is 0 Å². The highest BCUT2D eigenvalue weighted by Crippen LogP contribution is 2.39. The monoisotopic (exact) mass is 307 g/mol. The molecule has 4 heteroatoms. The molecule has 3 fully saturated rings. The second-order valence-corrected chi connectivity index (χ2v) is 8.16. The van der Waals surface area contributed by atoms with E-state index in [1.165, 1.54) is 32.2 Å². The summed E-state index contributed by atoms with van der Waals surface area (Å²) < 4.78 is 0. The third-order valence-corrected chi connectivity index (χ3v) is 6.13. The van der Waals surface area contributed by atoms with E-state index < -0.39 is 5.54 Å². The molecular formula is C18H33N3O. The lowest BCUT2D eigenvalue weighted by atomic mass is 9.91. The van der Waals surface area contributed by atoms with Gasteiger partial charge in [0, 0.05) is 25.7 Å². The number of hydrogen-bond acceptors (Lipinski definition) is 3. The van der Waals surface area contributed by atoms with Crippen LogP contribution in [-0.2, 0) is 4.79 Å². The van der Waals surface area contributed by atoms with Crippen molar-refractivity contribution in [3.8, 4) is 0 Å². The van der Waals surface area contributed by atoms with Crippen molar-refractivity contribution in [2.45, 2.75) is 70.4 Å². The number of amides is 1. The highest BCUT2D eigenvalue weighted by Gasteiger charge is 2.46. The van der Waals surface area contributed by atoms with Crippen molar-refractivity contribution in [2.24, 2.45) is 17.6 Å². The zero-order valence-electron chi connectivity index (χ0n) is 14.4. The van der Waals surface area contributed by atoms with Crippen LogP contribution in [0.15, 0.2) is 0 Å². The fourth-order valence-electron chi connectivity index (χ4n) is 4.36. The Bertz CT molecular complexity index is 405. The summed E-state index contributed by atoms with van der Waals surface area (Å²) >= 11 is 0. The molecule has 0 unspecified atom stereocenters. The summed E-state index contributed by atoms with van der Waals surface area (Å²) in [5.41, 5.74) is 5.72. The zero-order valence-corrected chi connectivity index (χ0v) is 14.4. The predicted molar refractivity (Wildman–Crippen MR) is 89.5 cm³/mol. The molecule has 2 saturated heterocycles. The molecule has 4 nitrogen and oxygen atoms in total. The second kappa shape index (κ2) is 6.48. The Morgan fingerprint density at radius 3 is 2.59 bits per heavy atom. The Balaban J connectivity index is 1.55. The molecule has 126 valence electrons. The van der Waals surface area contributed by atoms with Gasteiger partial charge in [0.15, 0.2) is 0 Å². The predicted octanol–water partition coefficient (Wildman–Crippen LogP) is 2.23. The Morgan fingerprint density at radius 2 is 1.91 bits per heavy atom. The van der Waals surface area contributed by atoms with Crippen molar-refractivity contribution >= 4 is 5.91 Å². The van der Waals surface area contributed by atoms with Gasteiger partial charge in [0.25, 0.3) is 0 Å². The van der Waals surface area contributed by atoms with Crippen LogP contribution >= 0.6 is 0 Å². The van der Waals surface area contributed by atoms with Gasteiger partial charge >= 0.3 is 0 Å². The fraction of sp³-hybridized carbons (Fsp3) is 0.944. The summed E-state index contributed by atoms with van der Waals surface area (Å²) in [5.74, 6) is 1.25. The topological polar surface area (TPSA) is 49.6 Å². The summed E-state index contributed by atoms with van der Waals surface area (Å²) in [7, 11) is 0. The molecule has 0 bridgehead atoms. The van der Waals surface area contributed by atoms with Crippen molar-refractivity contribution in [1.29, 1.82) is 0 Å². The van der Waals surface area contributed by atoms with Crippen LogP contribution < -0.4 is 5.73 Å². The average Bonchev–Trinajstić information content (AvgIpc) is 3.34. The first kappa shape index (κ1) is 16.3. The lowest BCUT2D eigenvalue weighted by Crippen LogP contribution is -2.57. The van der Waals surface area contributed by atoms with Gasteiger partial charge < -0.3 is 15.5 Å². The van der Waals surface area contributed by atoms with E-state index in [1.807, 2.05) is 6.92 Å². The summed E-state index contributed by atoms with van der Waals surface area (Å²) in [6.45, 7) is 8.53. The number of carbonyl (C=O) groups excluding carboxylic acids is 1. The van der Waals surface area contributed by atoms with E-state index in [1.54, 1.807) is 0 Å². The molecule has 1 amide bonds. The summed E-state index contributed by atoms with van der Waals surface area (Å²) in [6.07, 6.45) is 8.69. The molecule has 3 rings (SSSR count). The number of carbonyl (C=O) groups is 1. The van der Waals surface area contributed by atoms with Gasteiger partial charge in [0.05, 0.1) is 5.54 Å². The van der Waals surface area contributed by atoms with Gasteiger partial charge in [0.2, 0.25) is 5.91 Å². The smallest absolute Gasteiger partial charge is 0.242 e. The summed E-state index contributed by atoms with van der Waals surface area (Å²) in [4.78, 5) is 17.5. The number of nitrogens with zero attached hydrogens (tertiary/aromatic N) is 2. The number of nitrogens with two attached hydrogens (primary N) is 1. The largest absolute Gasteiger partial charge is 0.341 e. The van der Waals surface area contributed by atoms with E-state index in [-0.39, 0.29) is 5.91 Å². The molecular weight excluding hydrogens is 274 g/mol. The Hall–Kier alpha value is -0.610. The molecule has 22 heavy (non-hydrogen) atoms. The lowest BCUT2D eigenvalue weighted by Gasteiger charge is -2.41. The van der Waals surface area contributed by atoms with Crippen molar-refractivity contribution < 1.29 is 4.79 Å². The van der Waals surface area contributed by atoms with Gasteiger partial charge in [0.1, 0.15) is 0 Å². The maximum atomic E-state index is 12.8. The van der Waals surface area contributed by atoms with E-state index in [0.29, 0.717) is 17.9 Å². The van der Waals surface area contributed by atoms with Crippen molar-refractivity contribution in [3.05, 3.63) is 0 Å². The van der Waals surface area contributed by atoms with Crippen molar-refractivity contribution in [3.63, 3.8) is 0 Å². The molecule has 2 N–H and O–H groups in total. The first-order valence-electron chi connectivity index (χ1n) is 9.31. The molecule has 1 saturated carbocycles. The molecule has 0 radical (unpaired) electrons. The molecule has 0 aromatic heterocycles. The minimum absolute atomic E-state index is 0.200. The second-order valence-electron chi connectivity index (χ2n) is 8.16. The van der Waals surface area contributed by atoms with Crippen LogP contribution in [0.3, 0.4) is 0 Å². The summed E-state index contributed by atoms with van der Waals surface area (Å²) in [6, 6.07) is 0.714. The minimum atomic E-state index is -0.625. The van der Waals surface area contributed by atoms with E-state index in [9.17, 15) is 4.79 Å². The van der Waals surface area contributed by atoms with Crippen LogP contribution in [0.1, 0.15) is 58.8 Å². The van der Waals surface area contributed by atoms with Crippen LogP contribution in [0.5, 0.6) is 0 Å². The Labute approximate surface area is 135 Å². The van der Waals surface area contributed by atoms with Gasteiger partial charge in [-0.25, -0.2) is 0 Å². The Kier molecular flexibility index (Phi) is 4.79. The Morgan fingerprint density at radius 1 is 1.14 bits per heavy atom. The van der Waals surface area contributed by atoms with E-state index in [4.69, 9.17) is 5.73 Å². The van der Waals surface area contributed by atoms with Gasteiger partial charge in [-0.15, -0.1) is 0 Å². The van der Waals surface area contributed by atoms with E-state index in [2.05, 4.69) is 16.7 Å². The third-order valence-electron chi connectivity index (χ3n) is 6.13. The molecule has 2 aliphatic heterocycles. The quantitative estimate of drug-likeness (QED) is 0.866. The maximum Gasteiger partial charge on any atom is 0.242 e. The maximum absolute atomic E-state index is 12.8. The molecule has 0 aromatic carbocycles. The summed E-state index contributed by atoms with van der Waals surface area (Å²) in [5, 5.41) is 0. The van der Waals surface area contributed by atoms with Crippen LogP contribution in [0.2, 0.25) is 0 Å². The minimum Gasteiger partial charge on any atom is -0.341 e. The molecule has 3 atom stereocenters. The number of likely N-dealkylation sites (tertiary alicyclic amines) is 2. The molecule has 1 aliphatic carbocycles. The SMILES string of the molecule is C[C@@H]1CCCCN1C[C@H]1CCCN(C(=O)[C@](C)(N)C2CC2)C1. The molecule has 0 aromatic rings. The van der Waals surface area contributed by atoms with Crippen LogP contribution in [0.25, 0.3) is 0 Å². The van der Waals surface area contributed by atoms with Crippen molar-refractivity contribution in [1.82, 2.24) is 9.80 Å². The zero-order chi connectivity index (χ0) is 15.7. The van der Waals surface area contributed by atoms with E-state index in [0.717, 1.165) is 38.9 Å². The molecule has 2 heterocycles. The first-order chi connectivity index (χ1) is 10.5. The van der Waals surface area contributed by atoms with E-state index >= 15 is 0 Å². The molecule has 0 spiro atoms. The van der Waals surface area contributed by atoms with Crippen LogP contribution in [-0.4, -0.2) is 53.5 Å². The highest BCUT2D eigenvalue weighted by atomic mass is 16.2. The highest BCUT2D eigenvalue weighted by molar-refractivity contribution is 5.86. The standard InChI is InChI=1S/C18H33N3O/c1-14-6-3-4-10-20(14)12-15-7-5-11-21(13-15)17(22)18(2,19)16-8-9-16/h14-16H,3-13,19H2,1-2H3/t14-,15-,18-/m1/s1. The van der Waals surface area contributed by atoms with Crippen LogP contribution in [0.4, 0.5) is 0 Å². The van der Waals surface area contributed by atoms with Gasteiger partial charge in [-0.3, -0.25) is 4.79 Å². The lowest BCUT2D eigenvalue weighted by molar-refractivity contribution is -0.139. The number of hydrogen-bond donors (Lipinski definition) is 1. The number of rotatable bonds is 4. The van der Waals surface area contributed by atoms with Gasteiger partial charge in [-0.1, -0.05) is 6.42 Å². The fourth-order valence-corrected chi connectivity index (χ4v) is 4.36. The van der Waals surface area contributed by atoms with Crippen LogP contribution in [0, 0.1) is 11.8 Å². The molecule has 3 aliphatic rings. The van der Waals surface area contributed by atoms with Gasteiger partial charge in [-0.05, 0) is 70.8 Å². The first-order valence-corrected chi connectivity index (χ1v) is 9.31. The third kappa shape index (κ3) is 3.48. The number of piperidine rings is 2.